The van der Waals surface area contributed by atoms with Crippen LogP contribution in [0.1, 0.15) is 31.2 Å². The van der Waals surface area contributed by atoms with Crippen LogP contribution in [0, 0.1) is 11.6 Å². The molecule has 102 valence electrons. The molecule has 0 spiro atoms. The van der Waals surface area contributed by atoms with Gasteiger partial charge in [0.2, 0.25) is 0 Å². The van der Waals surface area contributed by atoms with E-state index in [2.05, 4.69) is 4.99 Å². The smallest absolute Gasteiger partial charge is 0.282 e. The van der Waals surface area contributed by atoms with Crippen LogP contribution in [-0.2, 0) is 10.2 Å². The Bertz CT molecular complexity index is 526. The molecule has 0 bridgehead atoms. The number of hydrogen-bond acceptors (Lipinski definition) is 3. The molecule has 0 amide bonds. The van der Waals surface area contributed by atoms with Gasteiger partial charge in [-0.15, -0.1) is 0 Å². The van der Waals surface area contributed by atoms with Crippen molar-refractivity contribution in [1.82, 2.24) is 0 Å². The van der Waals surface area contributed by atoms with Crippen molar-refractivity contribution in [1.29, 1.82) is 0 Å². The zero-order valence-electron chi connectivity index (χ0n) is 10.5. The second-order valence-electron chi connectivity index (χ2n) is 5.38. The van der Waals surface area contributed by atoms with Crippen LogP contribution in [0.3, 0.4) is 0 Å². The van der Waals surface area contributed by atoms with Crippen molar-refractivity contribution in [2.24, 2.45) is 10.7 Å². The zero-order valence-corrected chi connectivity index (χ0v) is 10.5. The normalized spacial score (nSPS) is 23.9. The fourth-order valence-electron chi connectivity index (χ4n) is 2.75. The van der Waals surface area contributed by atoms with Crippen molar-refractivity contribution < 1.29 is 13.5 Å². The largest absolute Gasteiger partial charge is 0.463 e. The monoisotopic (exact) mass is 266 g/mol. The number of amidine groups is 1. The first-order chi connectivity index (χ1) is 9.09. The lowest BCUT2D eigenvalue weighted by atomic mass is 9.89. The second kappa shape index (κ2) is 4.47. The van der Waals surface area contributed by atoms with Crippen molar-refractivity contribution in [3.63, 3.8) is 0 Å². The summed E-state index contributed by atoms with van der Waals surface area (Å²) in [6, 6.07) is 4.17. The molecular weight excluding hydrogens is 250 g/mol. The predicted molar refractivity (Wildman–Crippen MR) is 67.9 cm³/mol. The molecule has 1 aromatic rings. The summed E-state index contributed by atoms with van der Waals surface area (Å²) in [5.74, 6) is -0.971. The molecule has 0 aromatic heterocycles. The number of nitrogens with two attached hydrogens (primary N) is 1. The molecule has 1 saturated carbocycles. The van der Waals surface area contributed by atoms with Gasteiger partial charge >= 0.3 is 0 Å². The summed E-state index contributed by atoms with van der Waals surface area (Å²) < 4.78 is 31.9. The van der Waals surface area contributed by atoms with Gasteiger partial charge in [0.05, 0.1) is 6.04 Å². The summed E-state index contributed by atoms with van der Waals surface area (Å²) >= 11 is 0. The topological polar surface area (TPSA) is 47.6 Å². The predicted octanol–water partition coefficient (Wildman–Crippen LogP) is 2.49. The Morgan fingerprint density at radius 1 is 1.37 bits per heavy atom. The highest BCUT2D eigenvalue weighted by atomic mass is 19.1. The summed E-state index contributed by atoms with van der Waals surface area (Å²) in [7, 11) is 0. The zero-order chi connectivity index (χ0) is 13.5. The van der Waals surface area contributed by atoms with E-state index in [-0.39, 0.29) is 17.5 Å². The van der Waals surface area contributed by atoms with E-state index in [9.17, 15) is 8.78 Å². The maximum Gasteiger partial charge on any atom is 0.282 e. The molecule has 0 saturated heterocycles. The first kappa shape index (κ1) is 12.4. The molecule has 1 unspecified atom stereocenters. The summed E-state index contributed by atoms with van der Waals surface area (Å²) in [5, 5.41) is 0. The van der Waals surface area contributed by atoms with Crippen LogP contribution in [0.25, 0.3) is 0 Å². The SMILES string of the molecule is NC1=NC(CCC2(c3ccc(F)cc3F)CC2)CO1. The molecule has 1 heterocycles. The molecule has 1 fully saturated rings. The van der Waals surface area contributed by atoms with Gasteiger partial charge in [-0.3, -0.25) is 0 Å². The summed E-state index contributed by atoms with van der Waals surface area (Å²) in [5.41, 5.74) is 5.95. The van der Waals surface area contributed by atoms with E-state index in [0.717, 1.165) is 31.7 Å². The Balaban J connectivity index is 1.69. The Hall–Kier alpha value is -1.65. The van der Waals surface area contributed by atoms with Crippen molar-refractivity contribution in [3.8, 4) is 0 Å². The van der Waals surface area contributed by atoms with Crippen molar-refractivity contribution in [3.05, 3.63) is 35.4 Å². The molecule has 3 rings (SSSR count). The van der Waals surface area contributed by atoms with Gasteiger partial charge in [-0.25, -0.2) is 13.8 Å². The highest BCUT2D eigenvalue weighted by Gasteiger charge is 2.45. The van der Waals surface area contributed by atoms with E-state index in [4.69, 9.17) is 10.5 Å². The molecule has 1 atom stereocenters. The Morgan fingerprint density at radius 3 is 2.74 bits per heavy atom. The van der Waals surface area contributed by atoms with E-state index in [1.54, 1.807) is 6.07 Å². The molecule has 1 aromatic carbocycles. The standard InChI is InChI=1S/C14H16F2N2O/c15-9-1-2-11(12(16)7-9)14(5-6-14)4-3-10-8-19-13(17)18-10/h1-2,7,10H,3-6,8H2,(H2,17,18). The van der Waals surface area contributed by atoms with Crippen LogP contribution < -0.4 is 5.73 Å². The summed E-state index contributed by atoms with van der Waals surface area (Å²) in [6.45, 7) is 0.508. The highest BCUT2D eigenvalue weighted by Crippen LogP contribution is 2.52. The van der Waals surface area contributed by atoms with Crippen LogP contribution in [0.2, 0.25) is 0 Å². The number of ether oxygens (including phenoxy) is 1. The molecule has 2 N–H and O–H groups in total. The van der Waals surface area contributed by atoms with Crippen LogP contribution in [-0.4, -0.2) is 18.7 Å². The van der Waals surface area contributed by atoms with Crippen LogP contribution >= 0.6 is 0 Å². The number of rotatable bonds is 4. The van der Waals surface area contributed by atoms with Crippen LogP contribution in [0.4, 0.5) is 8.78 Å². The lowest BCUT2D eigenvalue weighted by Gasteiger charge is -2.17. The minimum absolute atomic E-state index is 0.0704. The van der Waals surface area contributed by atoms with Gasteiger partial charge in [0.1, 0.15) is 18.2 Å². The first-order valence-corrected chi connectivity index (χ1v) is 6.51. The van der Waals surface area contributed by atoms with Crippen molar-refractivity contribution in [2.75, 3.05) is 6.61 Å². The number of hydrogen-bond donors (Lipinski definition) is 1. The molecular formula is C14H16F2N2O. The average molecular weight is 266 g/mol. The fraction of sp³-hybridized carbons (Fsp3) is 0.500. The summed E-state index contributed by atoms with van der Waals surface area (Å²) in [4.78, 5) is 4.17. The molecule has 2 aliphatic rings. The molecule has 19 heavy (non-hydrogen) atoms. The minimum Gasteiger partial charge on any atom is -0.463 e. The van der Waals surface area contributed by atoms with Crippen molar-refractivity contribution >= 4 is 6.02 Å². The lowest BCUT2D eigenvalue weighted by molar-refractivity contribution is 0.302. The maximum atomic E-state index is 13.8. The molecule has 0 radical (unpaired) electrons. The van der Waals surface area contributed by atoms with Crippen molar-refractivity contribution in [2.45, 2.75) is 37.1 Å². The quantitative estimate of drug-likeness (QED) is 0.910. The third kappa shape index (κ3) is 2.41. The first-order valence-electron chi connectivity index (χ1n) is 6.51. The van der Waals surface area contributed by atoms with Gasteiger partial charge in [-0.05, 0) is 42.7 Å². The number of aliphatic imine (C=N–C) groups is 1. The van der Waals surface area contributed by atoms with Crippen LogP contribution in [0.5, 0.6) is 0 Å². The van der Waals surface area contributed by atoms with Gasteiger partial charge in [0, 0.05) is 6.07 Å². The number of halogens is 2. The van der Waals surface area contributed by atoms with E-state index in [0.29, 0.717) is 12.2 Å². The molecule has 1 aliphatic carbocycles. The lowest BCUT2D eigenvalue weighted by Crippen LogP contribution is -2.14. The molecule has 1 aliphatic heterocycles. The Kier molecular flexibility index (Phi) is 2.92. The Labute approximate surface area is 110 Å². The number of nitrogens with zero attached hydrogens (tertiary/aromatic N) is 1. The van der Waals surface area contributed by atoms with Gasteiger partial charge < -0.3 is 10.5 Å². The minimum atomic E-state index is -0.529. The van der Waals surface area contributed by atoms with Gasteiger partial charge in [0.15, 0.2) is 0 Å². The number of benzene rings is 1. The maximum absolute atomic E-state index is 13.8. The fourth-order valence-corrected chi connectivity index (χ4v) is 2.75. The highest BCUT2D eigenvalue weighted by molar-refractivity contribution is 5.73. The summed E-state index contributed by atoms with van der Waals surface area (Å²) in [6.07, 6.45) is 3.54. The molecule has 5 heteroatoms. The second-order valence-corrected chi connectivity index (χ2v) is 5.38. The molecule has 3 nitrogen and oxygen atoms in total. The van der Waals surface area contributed by atoms with E-state index >= 15 is 0 Å². The average Bonchev–Trinajstić information content (AvgIpc) is 3.03. The van der Waals surface area contributed by atoms with Gasteiger partial charge in [-0.2, -0.15) is 0 Å². The van der Waals surface area contributed by atoms with Crippen LogP contribution in [0.15, 0.2) is 23.2 Å². The Morgan fingerprint density at radius 2 is 2.16 bits per heavy atom. The third-order valence-corrected chi connectivity index (χ3v) is 4.05. The van der Waals surface area contributed by atoms with Gasteiger partial charge in [-0.1, -0.05) is 6.07 Å². The third-order valence-electron chi connectivity index (χ3n) is 4.05. The van der Waals surface area contributed by atoms with E-state index < -0.39 is 11.6 Å². The van der Waals surface area contributed by atoms with E-state index in [1.165, 1.54) is 6.07 Å². The van der Waals surface area contributed by atoms with Gasteiger partial charge in [0.25, 0.3) is 6.02 Å². The van der Waals surface area contributed by atoms with E-state index in [1.807, 2.05) is 0 Å².